The summed E-state index contributed by atoms with van der Waals surface area (Å²) in [6.45, 7) is 0.744. The molecule has 2 atom stereocenters. The summed E-state index contributed by atoms with van der Waals surface area (Å²) in [5, 5.41) is 3.47. The van der Waals surface area contributed by atoms with Crippen molar-refractivity contribution in [1.29, 1.82) is 0 Å². The van der Waals surface area contributed by atoms with E-state index >= 15 is 0 Å². The predicted octanol–water partition coefficient (Wildman–Crippen LogP) is 3.09. The van der Waals surface area contributed by atoms with Crippen molar-refractivity contribution >= 4 is 16.9 Å². The standard InChI is InChI=1S/C15H22ClN3/c16-15(18-11-12-7-3-1-4-8-12)19-14(17)13-9-5-2-6-10-13/h2-3,5,7,9,12,14H,1,4,6,8,10-11,17H2,(H,18,19). The van der Waals surface area contributed by atoms with Gasteiger partial charge in [-0.3, -0.25) is 4.99 Å². The van der Waals surface area contributed by atoms with Gasteiger partial charge >= 0.3 is 0 Å². The van der Waals surface area contributed by atoms with Crippen LogP contribution >= 0.6 is 11.6 Å². The zero-order valence-corrected chi connectivity index (χ0v) is 11.9. The third kappa shape index (κ3) is 4.84. The Morgan fingerprint density at radius 3 is 3.05 bits per heavy atom. The number of halogens is 1. The molecule has 0 saturated carbocycles. The van der Waals surface area contributed by atoms with Crippen LogP contribution in [0.1, 0.15) is 32.1 Å². The highest BCUT2D eigenvalue weighted by molar-refractivity contribution is 6.64. The number of hydrogen-bond donors (Lipinski definition) is 2. The molecule has 0 heterocycles. The van der Waals surface area contributed by atoms with Crippen LogP contribution in [0.4, 0.5) is 0 Å². The molecule has 2 aliphatic carbocycles. The molecule has 4 heteroatoms. The van der Waals surface area contributed by atoms with Crippen LogP contribution in [-0.4, -0.2) is 18.0 Å². The van der Waals surface area contributed by atoms with Gasteiger partial charge in [-0.15, -0.1) is 0 Å². The molecule has 0 bridgehead atoms. The van der Waals surface area contributed by atoms with Gasteiger partial charge in [0.15, 0.2) is 5.29 Å². The summed E-state index contributed by atoms with van der Waals surface area (Å²) in [6.07, 6.45) is 16.1. The number of nitrogens with zero attached hydrogens (tertiary/aromatic N) is 1. The first-order valence-electron chi connectivity index (χ1n) is 7.00. The average Bonchev–Trinajstić information content (AvgIpc) is 2.47. The van der Waals surface area contributed by atoms with Crippen LogP contribution < -0.4 is 11.1 Å². The molecule has 0 fully saturated rings. The number of hydrogen-bond acceptors (Lipinski definition) is 2. The number of allylic oxidation sites excluding steroid dienone is 4. The second-order valence-electron chi connectivity index (χ2n) is 5.08. The van der Waals surface area contributed by atoms with Crippen molar-refractivity contribution in [2.75, 3.05) is 6.54 Å². The van der Waals surface area contributed by atoms with Crippen molar-refractivity contribution < 1.29 is 0 Å². The Hall–Kier alpha value is -1.06. The lowest BCUT2D eigenvalue weighted by molar-refractivity contribution is 0.550. The second kappa shape index (κ2) is 7.51. The van der Waals surface area contributed by atoms with Crippen molar-refractivity contribution in [2.24, 2.45) is 16.6 Å². The number of aliphatic imine (C=N–C) groups is 1. The summed E-state index contributed by atoms with van der Waals surface area (Å²) in [4.78, 5) is 4.38. The van der Waals surface area contributed by atoms with E-state index in [1.165, 1.54) is 24.8 Å². The summed E-state index contributed by atoms with van der Waals surface area (Å²) in [7, 11) is 0. The van der Waals surface area contributed by atoms with E-state index in [1.807, 2.05) is 6.08 Å². The van der Waals surface area contributed by atoms with Gasteiger partial charge in [0.05, 0.1) is 6.17 Å². The van der Waals surface area contributed by atoms with Crippen LogP contribution in [-0.2, 0) is 0 Å². The third-order valence-electron chi connectivity index (χ3n) is 3.54. The van der Waals surface area contributed by atoms with E-state index in [0.717, 1.165) is 19.4 Å². The van der Waals surface area contributed by atoms with Crippen molar-refractivity contribution in [3.05, 3.63) is 36.0 Å². The minimum atomic E-state index is -0.233. The molecule has 0 amide bonds. The maximum absolute atomic E-state index is 6.10. The Balaban J connectivity index is 1.80. The molecule has 0 spiro atoms. The molecule has 0 aliphatic heterocycles. The van der Waals surface area contributed by atoms with Crippen molar-refractivity contribution in [2.45, 2.75) is 38.3 Å². The normalized spacial score (nSPS) is 25.1. The molecule has 19 heavy (non-hydrogen) atoms. The SMILES string of the molecule is NC(NC(Cl)=NCC1C=CCCC1)C1=CC=CCC1. The Labute approximate surface area is 120 Å². The van der Waals surface area contributed by atoms with E-state index < -0.39 is 0 Å². The highest BCUT2D eigenvalue weighted by Crippen LogP contribution is 2.17. The molecule has 104 valence electrons. The summed E-state index contributed by atoms with van der Waals surface area (Å²) in [5.74, 6) is 0.525. The quantitative estimate of drug-likeness (QED) is 0.273. The Bertz CT molecular complexity index is 410. The van der Waals surface area contributed by atoms with Gasteiger partial charge in [0.2, 0.25) is 0 Å². The molecule has 3 nitrogen and oxygen atoms in total. The van der Waals surface area contributed by atoms with E-state index in [-0.39, 0.29) is 6.17 Å². The lowest BCUT2D eigenvalue weighted by atomic mass is 9.96. The van der Waals surface area contributed by atoms with E-state index in [9.17, 15) is 0 Å². The molecule has 2 unspecified atom stereocenters. The molecule has 0 aromatic carbocycles. The van der Waals surface area contributed by atoms with Crippen LogP contribution in [0.2, 0.25) is 0 Å². The highest BCUT2D eigenvalue weighted by atomic mass is 35.5. The number of amidine groups is 1. The monoisotopic (exact) mass is 279 g/mol. The fourth-order valence-electron chi connectivity index (χ4n) is 2.38. The van der Waals surface area contributed by atoms with Gasteiger partial charge in [-0.25, -0.2) is 0 Å². The van der Waals surface area contributed by atoms with Crippen molar-refractivity contribution in [3.8, 4) is 0 Å². The topological polar surface area (TPSA) is 50.4 Å². The van der Waals surface area contributed by atoms with Gasteiger partial charge in [0, 0.05) is 6.54 Å². The average molecular weight is 280 g/mol. The summed E-state index contributed by atoms with van der Waals surface area (Å²) >= 11 is 6.10. The highest BCUT2D eigenvalue weighted by Gasteiger charge is 2.12. The molecular weight excluding hydrogens is 258 g/mol. The first kappa shape index (κ1) is 14.4. The minimum absolute atomic E-state index is 0.233. The molecule has 0 saturated heterocycles. The van der Waals surface area contributed by atoms with E-state index in [2.05, 4.69) is 34.6 Å². The lowest BCUT2D eigenvalue weighted by Gasteiger charge is -2.19. The third-order valence-corrected chi connectivity index (χ3v) is 3.77. The Morgan fingerprint density at radius 2 is 2.37 bits per heavy atom. The van der Waals surface area contributed by atoms with Crippen LogP contribution in [0.25, 0.3) is 0 Å². The smallest absolute Gasteiger partial charge is 0.192 e. The van der Waals surface area contributed by atoms with E-state index in [4.69, 9.17) is 17.3 Å². The first-order valence-corrected chi connectivity index (χ1v) is 7.38. The van der Waals surface area contributed by atoms with Gasteiger partial charge in [0.25, 0.3) is 0 Å². The van der Waals surface area contributed by atoms with Crippen LogP contribution in [0.5, 0.6) is 0 Å². The van der Waals surface area contributed by atoms with Gasteiger partial charge in [-0.1, -0.05) is 30.4 Å². The molecule has 0 radical (unpaired) electrons. The van der Waals surface area contributed by atoms with Gasteiger partial charge < -0.3 is 11.1 Å². The molecule has 2 aliphatic rings. The summed E-state index contributed by atoms with van der Waals surface area (Å²) in [6, 6.07) is 0. The molecule has 3 N–H and O–H groups in total. The Kier molecular flexibility index (Phi) is 5.67. The Morgan fingerprint density at radius 1 is 1.47 bits per heavy atom. The second-order valence-corrected chi connectivity index (χ2v) is 5.44. The van der Waals surface area contributed by atoms with Gasteiger partial charge in [-0.2, -0.15) is 0 Å². The first-order chi connectivity index (χ1) is 9.25. The number of rotatable bonds is 4. The molecule has 0 aromatic heterocycles. The molecular formula is C15H22ClN3. The fraction of sp³-hybridized carbons (Fsp3) is 0.533. The maximum atomic E-state index is 6.10. The largest absolute Gasteiger partial charge is 0.342 e. The van der Waals surface area contributed by atoms with Crippen molar-refractivity contribution in [3.63, 3.8) is 0 Å². The number of nitrogens with two attached hydrogens (primary N) is 1. The van der Waals surface area contributed by atoms with E-state index in [1.54, 1.807) is 0 Å². The van der Waals surface area contributed by atoms with Crippen molar-refractivity contribution in [1.82, 2.24) is 5.32 Å². The minimum Gasteiger partial charge on any atom is -0.342 e. The summed E-state index contributed by atoms with van der Waals surface area (Å²) < 4.78 is 0. The zero-order valence-electron chi connectivity index (χ0n) is 11.2. The van der Waals surface area contributed by atoms with Gasteiger partial charge in [0.1, 0.15) is 0 Å². The molecule has 2 rings (SSSR count). The van der Waals surface area contributed by atoms with Gasteiger partial charge in [-0.05, 0) is 55.2 Å². The number of nitrogens with one attached hydrogen (secondary N) is 1. The summed E-state index contributed by atoms with van der Waals surface area (Å²) in [5.41, 5.74) is 7.24. The molecule has 0 aromatic rings. The maximum Gasteiger partial charge on any atom is 0.192 e. The van der Waals surface area contributed by atoms with Crippen LogP contribution in [0.3, 0.4) is 0 Å². The van der Waals surface area contributed by atoms with E-state index in [0.29, 0.717) is 11.2 Å². The fourth-order valence-corrected chi connectivity index (χ4v) is 2.57. The van der Waals surface area contributed by atoms with Crippen LogP contribution in [0, 0.1) is 5.92 Å². The lowest BCUT2D eigenvalue weighted by Crippen LogP contribution is -2.41. The zero-order chi connectivity index (χ0) is 13.5. The predicted molar refractivity (Wildman–Crippen MR) is 82.2 cm³/mol. The van der Waals surface area contributed by atoms with Crippen LogP contribution in [0.15, 0.2) is 40.9 Å².